The van der Waals surface area contributed by atoms with Gasteiger partial charge in [0.1, 0.15) is 0 Å². The zero-order chi connectivity index (χ0) is 11.5. The predicted octanol–water partition coefficient (Wildman–Crippen LogP) is 3.61. The van der Waals surface area contributed by atoms with Gasteiger partial charge in [0.15, 0.2) is 0 Å². The van der Waals surface area contributed by atoms with Crippen LogP contribution in [-0.2, 0) is 6.42 Å². The fraction of sp³-hybridized carbons (Fsp3) is 0.571. The fourth-order valence-electron chi connectivity index (χ4n) is 2.09. The molecule has 2 rings (SSSR count). The molecule has 1 nitrogen and oxygen atoms in total. The van der Waals surface area contributed by atoms with Gasteiger partial charge in [0.05, 0.1) is 5.37 Å². The van der Waals surface area contributed by atoms with Crippen LogP contribution in [0.15, 0.2) is 24.3 Å². The molecule has 1 saturated heterocycles. The lowest BCUT2D eigenvalue weighted by atomic mass is 10.0. The molecule has 0 radical (unpaired) electrons. The van der Waals surface area contributed by atoms with Crippen molar-refractivity contribution >= 4 is 11.8 Å². The Hall–Kier alpha value is -0.470. The molecule has 2 atom stereocenters. The van der Waals surface area contributed by atoms with Crippen molar-refractivity contribution < 1.29 is 0 Å². The van der Waals surface area contributed by atoms with Gasteiger partial charge in [0.25, 0.3) is 0 Å². The van der Waals surface area contributed by atoms with E-state index in [-0.39, 0.29) is 0 Å². The van der Waals surface area contributed by atoms with E-state index >= 15 is 0 Å². The molecule has 1 fully saturated rings. The molecule has 1 aromatic carbocycles. The number of benzene rings is 1. The van der Waals surface area contributed by atoms with Crippen molar-refractivity contribution in [3.63, 3.8) is 0 Å². The number of hydrogen-bond acceptors (Lipinski definition) is 2. The SMILES string of the molecule is CC(C)Cc1ccc(C2NC(C)CS2)cc1. The van der Waals surface area contributed by atoms with Gasteiger partial charge in [-0.3, -0.25) is 5.32 Å². The summed E-state index contributed by atoms with van der Waals surface area (Å²) in [4.78, 5) is 0. The van der Waals surface area contributed by atoms with Gasteiger partial charge >= 0.3 is 0 Å². The second-order valence-electron chi connectivity index (χ2n) is 5.12. The highest BCUT2D eigenvalue weighted by molar-refractivity contribution is 7.99. The summed E-state index contributed by atoms with van der Waals surface area (Å²) in [5.74, 6) is 1.96. The molecule has 0 saturated carbocycles. The molecule has 1 heterocycles. The van der Waals surface area contributed by atoms with Gasteiger partial charge in [-0.1, -0.05) is 38.1 Å². The van der Waals surface area contributed by atoms with Crippen LogP contribution in [0.3, 0.4) is 0 Å². The van der Waals surface area contributed by atoms with Crippen molar-refractivity contribution in [3.8, 4) is 0 Å². The summed E-state index contributed by atoms with van der Waals surface area (Å²) in [6.07, 6.45) is 1.18. The average Bonchev–Trinajstić information content (AvgIpc) is 2.65. The number of thioether (sulfide) groups is 1. The highest BCUT2D eigenvalue weighted by atomic mass is 32.2. The zero-order valence-electron chi connectivity index (χ0n) is 10.4. The third-order valence-corrected chi connectivity index (χ3v) is 4.31. The average molecular weight is 235 g/mol. The molecule has 1 aliphatic rings. The van der Waals surface area contributed by atoms with Crippen LogP contribution in [-0.4, -0.2) is 11.8 Å². The minimum atomic E-state index is 0.503. The molecule has 1 aromatic rings. The molecule has 0 spiro atoms. The maximum atomic E-state index is 3.59. The predicted molar refractivity (Wildman–Crippen MR) is 72.8 cm³/mol. The molecular weight excluding hydrogens is 214 g/mol. The highest BCUT2D eigenvalue weighted by Gasteiger charge is 2.21. The van der Waals surface area contributed by atoms with Crippen LogP contribution in [0.2, 0.25) is 0 Å². The molecule has 1 N–H and O–H groups in total. The quantitative estimate of drug-likeness (QED) is 0.859. The van der Waals surface area contributed by atoms with E-state index in [2.05, 4.69) is 50.4 Å². The van der Waals surface area contributed by atoms with Gasteiger partial charge in [-0.2, -0.15) is 0 Å². The lowest BCUT2D eigenvalue weighted by molar-refractivity contribution is 0.617. The third-order valence-electron chi connectivity index (χ3n) is 2.88. The molecular formula is C14H21NS. The van der Waals surface area contributed by atoms with Crippen molar-refractivity contribution in [2.45, 2.75) is 38.6 Å². The number of nitrogens with one attached hydrogen (secondary N) is 1. The van der Waals surface area contributed by atoms with E-state index in [4.69, 9.17) is 0 Å². The first-order valence-corrected chi connectivity index (χ1v) is 7.16. The Morgan fingerprint density at radius 3 is 2.50 bits per heavy atom. The maximum Gasteiger partial charge on any atom is 0.0792 e. The van der Waals surface area contributed by atoms with Crippen molar-refractivity contribution in [1.82, 2.24) is 5.32 Å². The van der Waals surface area contributed by atoms with E-state index in [0.29, 0.717) is 11.4 Å². The lowest BCUT2D eigenvalue weighted by Gasteiger charge is -2.12. The zero-order valence-corrected chi connectivity index (χ0v) is 11.2. The first kappa shape index (κ1) is 12.0. The summed E-state index contributed by atoms with van der Waals surface area (Å²) < 4.78 is 0. The molecule has 88 valence electrons. The van der Waals surface area contributed by atoms with Gasteiger partial charge in [-0.05, 0) is 30.4 Å². The monoisotopic (exact) mass is 235 g/mol. The van der Waals surface area contributed by atoms with Gasteiger partial charge in [-0.25, -0.2) is 0 Å². The normalized spacial score (nSPS) is 25.2. The van der Waals surface area contributed by atoms with E-state index < -0.39 is 0 Å². The Labute approximate surface area is 103 Å². The molecule has 16 heavy (non-hydrogen) atoms. The van der Waals surface area contributed by atoms with Crippen molar-refractivity contribution in [1.29, 1.82) is 0 Å². The van der Waals surface area contributed by atoms with E-state index in [0.717, 1.165) is 5.92 Å². The molecule has 1 aliphatic heterocycles. The molecule has 0 bridgehead atoms. The summed E-state index contributed by atoms with van der Waals surface area (Å²) in [7, 11) is 0. The van der Waals surface area contributed by atoms with Gasteiger partial charge in [0.2, 0.25) is 0 Å². The van der Waals surface area contributed by atoms with Crippen LogP contribution in [0.4, 0.5) is 0 Å². The molecule has 2 heteroatoms. The van der Waals surface area contributed by atoms with Crippen LogP contribution in [0.1, 0.15) is 37.3 Å². The summed E-state index contributed by atoms with van der Waals surface area (Å²) in [6.45, 7) is 6.79. The van der Waals surface area contributed by atoms with E-state index in [1.165, 1.54) is 23.3 Å². The Morgan fingerprint density at radius 2 is 2.00 bits per heavy atom. The van der Waals surface area contributed by atoms with Gasteiger partial charge < -0.3 is 0 Å². The summed E-state index contributed by atoms with van der Waals surface area (Å²) >= 11 is 2.01. The molecule has 0 aliphatic carbocycles. The molecule has 0 aromatic heterocycles. The number of hydrogen-bond donors (Lipinski definition) is 1. The Balaban J connectivity index is 2.02. The topological polar surface area (TPSA) is 12.0 Å². The van der Waals surface area contributed by atoms with Crippen LogP contribution < -0.4 is 5.32 Å². The third kappa shape index (κ3) is 3.02. The first-order chi connectivity index (χ1) is 7.65. The van der Waals surface area contributed by atoms with Gasteiger partial charge in [0, 0.05) is 11.8 Å². The fourth-order valence-corrected chi connectivity index (χ4v) is 3.34. The van der Waals surface area contributed by atoms with Crippen LogP contribution in [0.5, 0.6) is 0 Å². The summed E-state index contributed by atoms with van der Waals surface area (Å²) in [6, 6.07) is 9.76. The second kappa shape index (κ2) is 5.24. The maximum absolute atomic E-state index is 3.59. The Morgan fingerprint density at radius 1 is 1.31 bits per heavy atom. The van der Waals surface area contributed by atoms with Crippen molar-refractivity contribution in [3.05, 3.63) is 35.4 Å². The Bertz CT molecular complexity index is 331. The minimum Gasteiger partial charge on any atom is -0.298 e. The lowest BCUT2D eigenvalue weighted by Crippen LogP contribution is -2.21. The largest absolute Gasteiger partial charge is 0.298 e. The van der Waals surface area contributed by atoms with E-state index in [9.17, 15) is 0 Å². The number of rotatable bonds is 3. The second-order valence-corrected chi connectivity index (χ2v) is 6.26. The van der Waals surface area contributed by atoms with E-state index in [1.807, 2.05) is 11.8 Å². The van der Waals surface area contributed by atoms with Crippen molar-refractivity contribution in [2.75, 3.05) is 5.75 Å². The highest BCUT2D eigenvalue weighted by Crippen LogP contribution is 2.32. The summed E-state index contributed by atoms with van der Waals surface area (Å²) in [5.41, 5.74) is 2.87. The van der Waals surface area contributed by atoms with Crippen LogP contribution >= 0.6 is 11.8 Å². The van der Waals surface area contributed by atoms with Gasteiger partial charge in [-0.15, -0.1) is 11.8 Å². The minimum absolute atomic E-state index is 0.503. The van der Waals surface area contributed by atoms with Crippen molar-refractivity contribution in [2.24, 2.45) is 5.92 Å². The molecule has 2 unspecified atom stereocenters. The molecule has 0 amide bonds. The summed E-state index contributed by atoms with van der Waals surface area (Å²) in [5, 5.41) is 4.10. The first-order valence-electron chi connectivity index (χ1n) is 6.11. The smallest absolute Gasteiger partial charge is 0.0792 e. The Kier molecular flexibility index (Phi) is 3.93. The van der Waals surface area contributed by atoms with E-state index in [1.54, 1.807) is 0 Å². The van der Waals surface area contributed by atoms with Crippen LogP contribution in [0.25, 0.3) is 0 Å². The van der Waals surface area contributed by atoms with Crippen LogP contribution in [0, 0.1) is 5.92 Å². The standard InChI is InChI=1S/C14H21NS/c1-10(2)8-12-4-6-13(7-5-12)14-15-11(3)9-16-14/h4-7,10-11,14-15H,8-9H2,1-3H3.